The van der Waals surface area contributed by atoms with Gasteiger partial charge in [-0.05, 0) is 20.8 Å². The van der Waals surface area contributed by atoms with Crippen LogP contribution >= 0.6 is 11.3 Å². The fourth-order valence-corrected chi connectivity index (χ4v) is 1.63. The summed E-state index contributed by atoms with van der Waals surface area (Å²) in [5, 5.41) is 4.22. The Kier molecular flexibility index (Phi) is 4.62. The summed E-state index contributed by atoms with van der Waals surface area (Å²) >= 11 is 1.37. The van der Waals surface area contributed by atoms with Crippen LogP contribution in [0.2, 0.25) is 0 Å². The highest BCUT2D eigenvalue weighted by atomic mass is 32.1. The van der Waals surface area contributed by atoms with E-state index in [9.17, 15) is 9.59 Å². The molecule has 0 radical (unpaired) electrons. The fraction of sp³-hybridized carbons (Fsp3) is 0.545. The second-order valence-corrected chi connectivity index (χ2v) is 5.19. The van der Waals surface area contributed by atoms with Gasteiger partial charge in [-0.25, -0.2) is 9.78 Å². The first kappa shape index (κ1) is 13.6. The van der Waals surface area contributed by atoms with Crippen LogP contribution in [-0.4, -0.2) is 29.0 Å². The van der Waals surface area contributed by atoms with Crippen LogP contribution < -0.4 is 5.32 Å². The van der Waals surface area contributed by atoms with Crippen molar-refractivity contribution in [2.75, 3.05) is 6.54 Å². The number of alkyl carbamates (subject to hydrolysis) is 1. The van der Waals surface area contributed by atoms with E-state index in [0.29, 0.717) is 5.69 Å². The van der Waals surface area contributed by atoms with E-state index >= 15 is 0 Å². The van der Waals surface area contributed by atoms with Gasteiger partial charge in [-0.2, -0.15) is 0 Å². The van der Waals surface area contributed by atoms with Gasteiger partial charge in [0.15, 0.2) is 5.78 Å². The minimum atomic E-state index is -0.525. The Bertz CT molecular complexity index is 382. The summed E-state index contributed by atoms with van der Waals surface area (Å²) in [5.41, 5.74) is 1.53. The summed E-state index contributed by atoms with van der Waals surface area (Å²) in [7, 11) is 0. The molecule has 1 aromatic rings. The summed E-state index contributed by atoms with van der Waals surface area (Å²) < 4.78 is 5.04. The average molecular weight is 256 g/mol. The van der Waals surface area contributed by atoms with Crippen molar-refractivity contribution in [3.8, 4) is 0 Å². The van der Waals surface area contributed by atoms with E-state index in [1.54, 1.807) is 31.7 Å². The first-order valence-electron chi connectivity index (χ1n) is 5.27. The molecule has 0 aromatic carbocycles. The Morgan fingerprint density at radius 3 is 2.71 bits per heavy atom. The Balaban J connectivity index is 2.24. The molecule has 17 heavy (non-hydrogen) atoms. The van der Waals surface area contributed by atoms with Gasteiger partial charge in [0.25, 0.3) is 0 Å². The van der Waals surface area contributed by atoms with Crippen LogP contribution in [-0.2, 0) is 4.74 Å². The standard InChI is InChI=1S/C11H16N2O3S/c1-11(2,3)16-10(15)12-5-4-9(14)8-6-17-7-13-8/h6-7H,4-5H2,1-3H3,(H,12,15). The maximum Gasteiger partial charge on any atom is 0.407 e. The van der Waals surface area contributed by atoms with E-state index < -0.39 is 11.7 Å². The summed E-state index contributed by atoms with van der Waals surface area (Å²) in [6, 6.07) is 0. The smallest absolute Gasteiger partial charge is 0.407 e. The van der Waals surface area contributed by atoms with Gasteiger partial charge < -0.3 is 10.1 Å². The molecule has 5 nitrogen and oxygen atoms in total. The number of nitrogens with one attached hydrogen (secondary N) is 1. The lowest BCUT2D eigenvalue weighted by Gasteiger charge is -2.19. The monoisotopic (exact) mass is 256 g/mol. The summed E-state index contributed by atoms with van der Waals surface area (Å²) in [5.74, 6) is -0.0812. The summed E-state index contributed by atoms with van der Waals surface area (Å²) in [6.45, 7) is 5.61. The molecule has 1 rings (SSSR count). The molecular weight excluding hydrogens is 240 g/mol. The number of ketones is 1. The van der Waals surface area contributed by atoms with Crippen molar-refractivity contribution >= 4 is 23.2 Å². The molecule has 0 atom stereocenters. The third-order valence-electron chi connectivity index (χ3n) is 1.74. The molecule has 6 heteroatoms. The van der Waals surface area contributed by atoms with E-state index in [4.69, 9.17) is 4.74 Å². The maximum absolute atomic E-state index is 11.5. The Morgan fingerprint density at radius 2 is 2.18 bits per heavy atom. The SMILES string of the molecule is CC(C)(C)OC(=O)NCCC(=O)c1cscn1. The maximum atomic E-state index is 11.5. The van der Waals surface area contributed by atoms with E-state index in [1.807, 2.05) is 0 Å². The van der Waals surface area contributed by atoms with Gasteiger partial charge in [-0.1, -0.05) is 0 Å². The number of rotatable bonds is 4. The number of aromatic nitrogens is 1. The molecule has 1 heterocycles. The van der Waals surface area contributed by atoms with Crippen molar-refractivity contribution < 1.29 is 14.3 Å². The molecule has 1 N–H and O–H groups in total. The highest BCUT2D eigenvalue weighted by molar-refractivity contribution is 7.07. The van der Waals surface area contributed by atoms with Crippen molar-refractivity contribution in [1.82, 2.24) is 10.3 Å². The molecule has 0 aliphatic carbocycles. The average Bonchev–Trinajstić information content (AvgIpc) is 2.66. The van der Waals surface area contributed by atoms with Crippen LogP contribution in [0, 0.1) is 0 Å². The second kappa shape index (κ2) is 5.77. The largest absolute Gasteiger partial charge is 0.444 e. The van der Waals surface area contributed by atoms with Gasteiger partial charge in [0.05, 0.1) is 5.51 Å². The third-order valence-corrected chi connectivity index (χ3v) is 2.32. The Labute approximate surface area is 104 Å². The van der Waals surface area contributed by atoms with Crippen molar-refractivity contribution in [1.29, 1.82) is 0 Å². The minimum absolute atomic E-state index is 0.0812. The van der Waals surface area contributed by atoms with Crippen LogP contribution in [0.25, 0.3) is 0 Å². The van der Waals surface area contributed by atoms with E-state index in [-0.39, 0.29) is 18.7 Å². The quantitative estimate of drug-likeness (QED) is 0.839. The number of hydrogen-bond donors (Lipinski definition) is 1. The van der Waals surface area contributed by atoms with Gasteiger partial charge in [0.2, 0.25) is 0 Å². The fourth-order valence-electron chi connectivity index (χ4n) is 1.07. The third kappa shape index (κ3) is 5.44. The van der Waals surface area contributed by atoms with Gasteiger partial charge >= 0.3 is 6.09 Å². The van der Waals surface area contributed by atoms with Crippen LogP contribution in [0.3, 0.4) is 0 Å². The van der Waals surface area contributed by atoms with Gasteiger partial charge in [0.1, 0.15) is 11.3 Å². The molecule has 0 fully saturated rings. The lowest BCUT2D eigenvalue weighted by atomic mass is 10.2. The van der Waals surface area contributed by atoms with E-state index in [1.165, 1.54) is 11.3 Å². The molecule has 0 unspecified atom stereocenters. The minimum Gasteiger partial charge on any atom is -0.444 e. The lowest BCUT2D eigenvalue weighted by Crippen LogP contribution is -2.33. The second-order valence-electron chi connectivity index (χ2n) is 4.48. The first-order valence-corrected chi connectivity index (χ1v) is 6.21. The van der Waals surface area contributed by atoms with E-state index in [2.05, 4.69) is 10.3 Å². The summed E-state index contributed by atoms with van der Waals surface area (Å²) in [6.07, 6.45) is -0.285. The zero-order valence-corrected chi connectivity index (χ0v) is 11.0. The highest BCUT2D eigenvalue weighted by Crippen LogP contribution is 2.07. The molecule has 1 amide bonds. The molecule has 0 bridgehead atoms. The molecular formula is C11H16N2O3S. The number of thiazole rings is 1. The lowest BCUT2D eigenvalue weighted by molar-refractivity contribution is 0.0527. The van der Waals surface area contributed by atoms with Gasteiger partial charge in [-0.15, -0.1) is 11.3 Å². The van der Waals surface area contributed by atoms with Crippen LogP contribution in [0.5, 0.6) is 0 Å². The number of ether oxygens (including phenoxy) is 1. The number of amides is 1. The topological polar surface area (TPSA) is 68.3 Å². The molecule has 0 aliphatic heterocycles. The Morgan fingerprint density at radius 1 is 1.47 bits per heavy atom. The molecule has 1 aromatic heterocycles. The van der Waals surface area contributed by atoms with Crippen LogP contribution in [0.15, 0.2) is 10.9 Å². The van der Waals surface area contributed by atoms with E-state index in [0.717, 1.165) is 0 Å². The highest BCUT2D eigenvalue weighted by Gasteiger charge is 2.16. The molecule has 0 saturated heterocycles. The number of carbonyl (C=O) groups is 2. The zero-order chi connectivity index (χ0) is 12.9. The number of hydrogen-bond acceptors (Lipinski definition) is 5. The normalized spacial score (nSPS) is 11.0. The number of carbonyl (C=O) groups excluding carboxylic acids is 2. The zero-order valence-electron chi connectivity index (χ0n) is 10.1. The predicted octanol–water partition coefficient (Wildman–Crippen LogP) is 2.24. The van der Waals surface area contributed by atoms with Crippen molar-refractivity contribution in [2.24, 2.45) is 0 Å². The van der Waals surface area contributed by atoms with Gasteiger partial charge in [-0.3, -0.25) is 4.79 Å². The first-order chi connectivity index (χ1) is 7.88. The predicted molar refractivity (Wildman–Crippen MR) is 65.3 cm³/mol. The van der Waals surface area contributed by atoms with Crippen molar-refractivity contribution in [3.05, 3.63) is 16.6 Å². The number of Topliss-reactive ketones (excluding diaryl/α,β-unsaturated/α-hetero) is 1. The Hall–Kier alpha value is -1.43. The van der Waals surface area contributed by atoms with Crippen molar-refractivity contribution in [2.45, 2.75) is 32.8 Å². The van der Waals surface area contributed by atoms with Crippen molar-refractivity contribution in [3.63, 3.8) is 0 Å². The molecule has 0 saturated carbocycles. The molecule has 0 spiro atoms. The molecule has 0 aliphatic rings. The number of nitrogens with zero attached hydrogens (tertiary/aromatic N) is 1. The van der Waals surface area contributed by atoms with Crippen LogP contribution in [0.1, 0.15) is 37.7 Å². The molecule has 94 valence electrons. The summed E-state index contributed by atoms with van der Waals surface area (Å²) in [4.78, 5) is 26.7. The van der Waals surface area contributed by atoms with Gasteiger partial charge in [0, 0.05) is 18.3 Å². The van der Waals surface area contributed by atoms with Crippen LogP contribution in [0.4, 0.5) is 4.79 Å².